The zero-order chi connectivity index (χ0) is 17.9. The lowest BCUT2D eigenvalue weighted by Crippen LogP contribution is -2.36. The SMILES string of the molecule is CCN(Cc1ccccc1)C(=O)c1c(C)nc(C(C)(C)C)[nH]c1=O. The average Bonchev–Trinajstić information content (AvgIpc) is 2.51. The van der Waals surface area contributed by atoms with E-state index >= 15 is 0 Å². The van der Waals surface area contributed by atoms with E-state index in [1.165, 1.54) is 0 Å². The maximum absolute atomic E-state index is 12.8. The second kappa shape index (κ2) is 6.99. The average molecular weight is 327 g/mol. The number of benzene rings is 1. The molecule has 24 heavy (non-hydrogen) atoms. The van der Waals surface area contributed by atoms with Crippen molar-refractivity contribution in [3.8, 4) is 0 Å². The summed E-state index contributed by atoms with van der Waals surface area (Å²) in [6.07, 6.45) is 0. The molecule has 1 aromatic carbocycles. The number of carbonyl (C=O) groups excluding carboxylic acids is 1. The molecule has 1 aromatic heterocycles. The quantitative estimate of drug-likeness (QED) is 0.938. The largest absolute Gasteiger partial charge is 0.334 e. The number of amides is 1. The highest BCUT2D eigenvalue weighted by Gasteiger charge is 2.24. The summed E-state index contributed by atoms with van der Waals surface area (Å²) in [4.78, 5) is 34.2. The highest BCUT2D eigenvalue weighted by molar-refractivity contribution is 5.94. The Morgan fingerprint density at radius 3 is 2.33 bits per heavy atom. The number of aromatic nitrogens is 2. The molecule has 1 heterocycles. The summed E-state index contributed by atoms with van der Waals surface area (Å²) in [5.74, 6) is 0.306. The summed E-state index contributed by atoms with van der Waals surface area (Å²) in [5, 5.41) is 0. The lowest BCUT2D eigenvalue weighted by molar-refractivity contribution is 0.0749. The Bertz CT molecular complexity index is 773. The summed E-state index contributed by atoms with van der Waals surface area (Å²) < 4.78 is 0. The highest BCUT2D eigenvalue weighted by Crippen LogP contribution is 2.18. The molecule has 0 spiro atoms. The fraction of sp³-hybridized carbons (Fsp3) is 0.421. The van der Waals surface area contributed by atoms with E-state index in [9.17, 15) is 9.59 Å². The van der Waals surface area contributed by atoms with Gasteiger partial charge in [0.05, 0.1) is 5.69 Å². The third kappa shape index (κ3) is 3.91. The molecule has 0 aliphatic heterocycles. The molecule has 0 saturated carbocycles. The molecule has 5 nitrogen and oxygen atoms in total. The molecule has 0 fully saturated rings. The van der Waals surface area contributed by atoms with Crippen LogP contribution < -0.4 is 5.56 Å². The monoisotopic (exact) mass is 327 g/mol. The zero-order valence-electron chi connectivity index (χ0n) is 15.0. The molecular weight excluding hydrogens is 302 g/mol. The number of aromatic amines is 1. The third-order valence-corrected chi connectivity index (χ3v) is 3.91. The van der Waals surface area contributed by atoms with Gasteiger partial charge in [0.25, 0.3) is 11.5 Å². The van der Waals surface area contributed by atoms with E-state index in [0.717, 1.165) is 5.56 Å². The van der Waals surface area contributed by atoms with Gasteiger partial charge < -0.3 is 9.88 Å². The number of nitrogens with zero attached hydrogens (tertiary/aromatic N) is 2. The second-order valence-electron chi connectivity index (χ2n) is 6.93. The predicted molar refractivity (Wildman–Crippen MR) is 95.2 cm³/mol. The summed E-state index contributed by atoms with van der Waals surface area (Å²) in [7, 11) is 0. The van der Waals surface area contributed by atoms with Crippen LogP contribution >= 0.6 is 0 Å². The first-order valence-corrected chi connectivity index (χ1v) is 8.18. The van der Waals surface area contributed by atoms with Crippen LogP contribution in [0.15, 0.2) is 35.1 Å². The number of rotatable bonds is 4. The Morgan fingerprint density at radius 1 is 1.21 bits per heavy atom. The minimum Gasteiger partial charge on any atom is -0.334 e. The van der Waals surface area contributed by atoms with Gasteiger partial charge in [-0.15, -0.1) is 0 Å². The Labute approximate surface area is 142 Å². The standard InChI is InChI=1S/C19H25N3O2/c1-6-22(12-14-10-8-7-9-11-14)17(24)15-13(2)20-18(19(3,4)5)21-16(15)23/h7-11H,6,12H2,1-5H3,(H,20,21,23). The summed E-state index contributed by atoms with van der Waals surface area (Å²) in [6, 6.07) is 9.74. The van der Waals surface area contributed by atoms with Crippen LogP contribution in [0, 0.1) is 6.92 Å². The number of aryl methyl sites for hydroxylation is 1. The molecule has 1 amide bonds. The summed E-state index contributed by atoms with van der Waals surface area (Å²) >= 11 is 0. The minimum atomic E-state index is -0.371. The Morgan fingerprint density at radius 2 is 1.83 bits per heavy atom. The molecule has 0 unspecified atom stereocenters. The normalized spacial score (nSPS) is 11.4. The van der Waals surface area contributed by atoms with E-state index in [4.69, 9.17) is 0 Å². The summed E-state index contributed by atoms with van der Waals surface area (Å²) in [6.45, 7) is 10.5. The first kappa shape index (κ1) is 17.9. The van der Waals surface area contributed by atoms with Crippen LogP contribution in [0.1, 0.15) is 55.1 Å². The molecule has 2 rings (SSSR count). The highest BCUT2D eigenvalue weighted by atomic mass is 16.2. The minimum absolute atomic E-state index is 0.126. The van der Waals surface area contributed by atoms with Crippen LogP contribution in [0.4, 0.5) is 0 Å². The van der Waals surface area contributed by atoms with Gasteiger partial charge in [-0.25, -0.2) is 4.98 Å². The zero-order valence-corrected chi connectivity index (χ0v) is 15.0. The maximum atomic E-state index is 12.8. The van der Waals surface area contributed by atoms with Crippen LogP contribution in [0.2, 0.25) is 0 Å². The van der Waals surface area contributed by atoms with E-state index in [-0.39, 0.29) is 22.4 Å². The molecule has 0 aliphatic rings. The molecule has 0 bridgehead atoms. The number of carbonyl (C=O) groups is 1. The van der Waals surface area contributed by atoms with Gasteiger partial charge in [0.1, 0.15) is 11.4 Å². The van der Waals surface area contributed by atoms with Gasteiger partial charge in [-0.2, -0.15) is 0 Å². The fourth-order valence-electron chi connectivity index (χ4n) is 2.48. The van der Waals surface area contributed by atoms with Crippen molar-refractivity contribution in [2.75, 3.05) is 6.54 Å². The predicted octanol–water partition coefficient (Wildman–Crippen LogP) is 3.04. The topological polar surface area (TPSA) is 66.1 Å². The van der Waals surface area contributed by atoms with Crippen LogP contribution in [0.25, 0.3) is 0 Å². The first-order chi connectivity index (χ1) is 11.2. The van der Waals surface area contributed by atoms with Crippen LogP contribution in [0.3, 0.4) is 0 Å². The van der Waals surface area contributed by atoms with E-state index in [2.05, 4.69) is 9.97 Å². The van der Waals surface area contributed by atoms with Crippen molar-refractivity contribution >= 4 is 5.91 Å². The van der Waals surface area contributed by atoms with Crippen molar-refractivity contribution in [3.63, 3.8) is 0 Å². The van der Waals surface area contributed by atoms with Gasteiger partial charge >= 0.3 is 0 Å². The molecule has 0 saturated heterocycles. The molecule has 2 aromatic rings. The van der Waals surface area contributed by atoms with Crippen molar-refractivity contribution in [2.24, 2.45) is 0 Å². The Kier molecular flexibility index (Phi) is 5.22. The first-order valence-electron chi connectivity index (χ1n) is 8.18. The maximum Gasteiger partial charge on any atom is 0.264 e. The van der Waals surface area contributed by atoms with E-state index in [1.54, 1.807) is 11.8 Å². The lowest BCUT2D eigenvalue weighted by atomic mass is 9.95. The van der Waals surface area contributed by atoms with Crippen LogP contribution in [-0.2, 0) is 12.0 Å². The lowest BCUT2D eigenvalue weighted by Gasteiger charge is -2.23. The van der Waals surface area contributed by atoms with Crippen molar-refractivity contribution in [2.45, 2.75) is 46.6 Å². The van der Waals surface area contributed by atoms with Crippen molar-refractivity contribution in [1.82, 2.24) is 14.9 Å². The molecule has 5 heteroatoms. The molecule has 128 valence electrons. The van der Waals surface area contributed by atoms with Gasteiger partial charge in [-0.1, -0.05) is 51.1 Å². The van der Waals surface area contributed by atoms with Crippen LogP contribution in [0.5, 0.6) is 0 Å². The molecular formula is C19H25N3O2. The van der Waals surface area contributed by atoms with Crippen LogP contribution in [-0.4, -0.2) is 27.3 Å². The number of nitrogens with one attached hydrogen (secondary N) is 1. The van der Waals surface area contributed by atoms with Gasteiger partial charge in [0.15, 0.2) is 0 Å². The van der Waals surface area contributed by atoms with Crippen molar-refractivity contribution < 1.29 is 4.79 Å². The van der Waals surface area contributed by atoms with Crippen molar-refractivity contribution in [1.29, 1.82) is 0 Å². The molecule has 0 atom stereocenters. The smallest absolute Gasteiger partial charge is 0.264 e. The molecule has 0 radical (unpaired) electrons. The van der Waals surface area contributed by atoms with E-state index in [0.29, 0.717) is 24.6 Å². The Balaban J connectivity index is 2.36. The fourth-order valence-corrected chi connectivity index (χ4v) is 2.48. The summed E-state index contributed by atoms with van der Waals surface area (Å²) in [5.41, 5.74) is 0.978. The number of hydrogen-bond acceptors (Lipinski definition) is 3. The third-order valence-electron chi connectivity index (χ3n) is 3.91. The van der Waals surface area contributed by atoms with Gasteiger partial charge in [0, 0.05) is 18.5 Å². The molecule has 1 N–H and O–H groups in total. The van der Waals surface area contributed by atoms with Crippen molar-refractivity contribution in [3.05, 3.63) is 63.3 Å². The van der Waals surface area contributed by atoms with Gasteiger partial charge in [-0.3, -0.25) is 9.59 Å². The number of H-pyrrole nitrogens is 1. The van der Waals surface area contributed by atoms with Gasteiger partial charge in [-0.05, 0) is 19.4 Å². The van der Waals surface area contributed by atoms with E-state index in [1.807, 2.05) is 58.0 Å². The Hall–Kier alpha value is -2.43. The molecule has 0 aliphatic carbocycles. The van der Waals surface area contributed by atoms with Gasteiger partial charge in [0.2, 0.25) is 0 Å². The number of hydrogen-bond donors (Lipinski definition) is 1. The second-order valence-corrected chi connectivity index (χ2v) is 6.93. The van der Waals surface area contributed by atoms with E-state index < -0.39 is 0 Å².